The van der Waals surface area contributed by atoms with E-state index < -0.39 is 0 Å². The summed E-state index contributed by atoms with van der Waals surface area (Å²) in [6, 6.07) is 6.09. The third kappa shape index (κ3) is 7.34. The summed E-state index contributed by atoms with van der Waals surface area (Å²) in [7, 11) is 3.58. The van der Waals surface area contributed by atoms with Gasteiger partial charge in [-0.05, 0) is 51.9 Å². The summed E-state index contributed by atoms with van der Waals surface area (Å²) >= 11 is 0. The minimum Gasteiger partial charge on any atom is -0.493 e. The lowest BCUT2D eigenvalue weighted by Crippen LogP contribution is -2.39. The van der Waals surface area contributed by atoms with Gasteiger partial charge in [-0.1, -0.05) is 25.8 Å². The van der Waals surface area contributed by atoms with E-state index in [0.717, 1.165) is 24.2 Å². The lowest BCUT2D eigenvalue weighted by molar-refractivity contribution is -0.122. The van der Waals surface area contributed by atoms with Crippen molar-refractivity contribution in [3.8, 4) is 11.5 Å². The quantitative estimate of drug-likeness (QED) is 0.617. The molecule has 0 aromatic heterocycles. The largest absolute Gasteiger partial charge is 0.493 e. The van der Waals surface area contributed by atoms with Crippen LogP contribution in [-0.2, 0) is 4.79 Å². The minimum absolute atomic E-state index is 0.0163. The summed E-state index contributed by atoms with van der Waals surface area (Å²) in [6.07, 6.45) is 3.37. The second-order valence-electron chi connectivity index (χ2n) is 6.76. The Morgan fingerprint density at radius 3 is 2.52 bits per heavy atom. The van der Waals surface area contributed by atoms with E-state index in [-0.39, 0.29) is 11.9 Å². The topological polar surface area (TPSA) is 50.8 Å². The number of hydrogen-bond donors (Lipinski definition) is 1. The van der Waals surface area contributed by atoms with Crippen LogP contribution >= 0.6 is 0 Å². The van der Waals surface area contributed by atoms with Crippen LogP contribution < -0.4 is 14.8 Å². The Hall–Kier alpha value is -1.75. The molecule has 0 aliphatic carbocycles. The maximum atomic E-state index is 12.2. The molecule has 1 aromatic rings. The number of hydrogen-bond acceptors (Lipinski definition) is 4. The zero-order chi connectivity index (χ0) is 18.8. The molecule has 1 unspecified atom stereocenters. The van der Waals surface area contributed by atoms with Crippen LogP contribution in [0.3, 0.4) is 0 Å². The molecule has 0 aliphatic heterocycles. The third-order valence-corrected chi connectivity index (χ3v) is 4.35. The first-order valence-corrected chi connectivity index (χ1v) is 9.19. The maximum absolute atomic E-state index is 12.2. The summed E-state index contributed by atoms with van der Waals surface area (Å²) in [4.78, 5) is 14.2. The highest BCUT2D eigenvalue weighted by Crippen LogP contribution is 2.30. The minimum atomic E-state index is -0.0869. The Labute approximate surface area is 152 Å². The molecule has 0 saturated carbocycles. The van der Waals surface area contributed by atoms with E-state index >= 15 is 0 Å². The van der Waals surface area contributed by atoms with Crippen LogP contribution in [0.4, 0.5) is 0 Å². The molecule has 1 atom stereocenters. The first kappa shape index (κ1) is 21.3. The number of likely N-dealkylation sites (N-methyl/N-ethyl adjacent to an activating group) is 1. The molecule has 0 heterocycles. The van der Waals surface area contributed by atoms with E-state index in [2.05, 4.69) is 26.1 Å². The number of nitrogens with zero attached hydrogens (tertiary/aromatic N) is 1. The van der Waals surface area contributed by atoms with Crippen LogP contribution in [0.5, 0.6) is 11.5 Å². The summed E-state index contributed by atoms with van der Waals surface area (Å²) < 4.78 is 11.3. The van der Waals surface area contributed by atoms with E-state index in [4.69, 9.17) is 9.47 Å². The fourth-order valence-electron chi connectivity index (χ4n) is 2.39. The first-order valence-electron chi connectivity index (χ1n) is 9.19. The number of unbranched alkanes of at least 4 members (excludes halogenated alkanes) is 2. The van der Waals surface area contributed by atoms with Crippen LogP contribution in [0.1, 0.15) is 58.6 Å². The molecular formula is C20H34N2O3. The lowest BCUT2D eigenvalue weighted by Gasteiger charge is -2.22. The molecule has 5 nitrogen and oxygen atoms in total. The summed E-state index contributed by atoms with van der Waals surface area (Å²) in [5.41, 5.74) is 0.998. The van der Waals surface area contributed by atoms with Crippen LogP contribution in [0.25, 0.3) is 0 Å². The van der Waals surface area contributed by atoms with Gasteiger partial charge in [-0.25, -0.2) is 0 Å². The van der Waals surface area contributed by atoms with Crippen molar-refractivity contribution in [2.75, 3.05) is 27.3 Å². The molecule has 25 heavy (non-hydrogen) atoms. The molecule has 1 rings (SSSR count). The molecule has 0 fully saturated rings. The van der Waals surface area contributed by atoms with Gasteiger partial charge in [-0.3, -0.25) is 9.69 Å². The summed E-state index contributed by atoms with van der Waals surface area (Å²) in [5, 5.41) is 3.04. The van der Waals surface area contributed by atoms with Crippen molar-refractivity contribution in [3.05, 3.63) is 23.8 Å². The van der Waals surface area contributed by atoms with E-state index in [1.807, 2.05) is 37.1 Å². The van der Waals surface area contributed by atoms with Crippen molar-refractivity contribution in [1.29, 1.82) is 0 Å². The zero-order valence-corrected chi connectivity index (χ0v) is 16.6. The SMILES string of the molecule is CCCCCOc1ccc(C(C)NC(=O)CN(C)C(C)C)cc1OC. The normalized spacial score (nSPS) is 12.3. The number of ether oxygens (including phenoxy) is 2. The molecule has 0 saturated heterocycles. The van der Waals surface area contributed by atoms with E-state index in [9.17, 15) is 4.79 Å². The Balaban J connectivity index is 2.66. The van der Waals surface area contributed by atoms with Crippen LogP contribution in [0, 0.1) is 0 Å². The van der Waals surface area contributed by atoms with Crippen molar-refractivity contribution in [2.45, 2.75) is 59.0 Å². The van der Waals surface area contributed by atoms with Gasteiger partial charge in [0.1, 0.15) is 0 Å². The predicted molar refractivity (Wildman–Crippen MR) is 102 cm³/mol. The summed E-state index contributed by atoms with van der Waals surface area (Å²) in [6.45, 7) is 9.37. The van der Waals surface area contributed by atoms with Crippen LogP contribution in [-0.4, -0.2) is 44.2 Å². The van der Waals surface area contributed by atoms with Crippen molar-refractivity contribution < 1.29 is 14.3 Å². The number of methoxy groups -OCH3 is 1. The van der Waals surface area contributed by atoms with Gasteiger partial charge in [0.25, 0.3) is 0 Å². The van der Waals surface area contributed by atoms with E-state index in [1.165, 1.54) is 6.42 Å². The van der Waals surface area contributed by atoms with Gasteiger partial charge in [0.2, 0.25) is 5.91 Å². The Morgan fingerprint density at radius 2 is 1.92 bits per heavy atom. The lowest BCUT2D eigenvalue weighted by atomic mass is 10.1. The van der Waals surface area contributed by atoms with Gasteiger partial charge >= 0.3 is 0 Å². The van der Waals surface area contributed by atoms with E-state index in [1.54, 1.807) is 7.11 Å². The van der Waals surface area contributed by atoms with Gasteiger partial charge in [-0.15, -0.1) is 0 Å². The van der Waals surface area contributed by atoms with Gasteiger partial charge in [0, 0.05) is 6.04 Å². The molecule has 1 amide bonds. The Morgan fingerprint density at radius 1 is 1.20 bits per heavy atom. The third-order valence-electron chi connectivity index (χ3n) is 4.35. The van der Waals surface area contributed by atoms with Gasteiger partial charge in [-0.2, -0.15) is 0 Å². The zero-order valence-electron chi connectivity index (χ0n) is 16.6. The number of nitrogens with one attached hydrogen (secondary N) is 1. The van der Waals surface area contributed by atoms with Crippen LogP contribution in [0.15, 0.2) is 18.2 Å². The van der Waals surface area contributed by atoms with E-state index in [0.29, 0.717) is 24.9 Å². The van der Waals surface area contributed by atoms with Crippen molar-refractivity contribution in [2.24, 2.45) is 0 Å². The summed E-state index contributed by atoms with van der Waals surface area (Å²) in [5.74, 6) is 1.47. The molecule has 0 aliphatic rings. The Kier molecular flexibility index (Phi) is 9.35. The molecule has 1 aromatic carbocycles. The second-order valence-corrected chi connectivity index (χ2v) is 6.76. The number of rotatable bonds is 11. The Bertz CT molecular complexity index is 532. The van der Waals surface area contributed by atoms with Gasteiger partial charge in [0.15, 0.2) is 11.5 Å². The number of carbonyl (C=O) groups excluding carboxylic acids is 1. The standard InChI is InChI=1S/C20H34N2O3/c1-7-8-9-12-25-18-11-10-17(13-19(18)24-6)16(4)21-20(23)14-22(5)15(2)3/h10-11,13,15-16H,7-9,12,14H2,1-6H3,(H,21,23). The van der Waals surface area contributed by atoms with Crippen LogP contribution in [0.2, 0.25) is 0 Å². The fourth-order valence-corrected chi connectivity index (χ4v) is 2.39. The van der Waals surface area contributed by atoms with Gasteiger partial charge < -0.3 is 14.8 Å². The van der Waals surface area contributed by atoms with Crippen molar-refractivity contribution in [1.82, 2.24) is 10.2 Å². The molecule has 0 radical (unpaired) electrons. The molecule has 142 valence electrons. The number of carbonyl (C=O) groups is 1. The molecule has 0 bridgehead atoms. The molecule has 5 heteroatoms. The van der Waals surface area contributed by atoms with Gasteiger partial charge in [0.05, 0.1) is 26.3 Å². The number of amides is 1. The molecule has 0 spiro atoms. The average molecular weight is 351 g/mol. The smallest absolute Gasteiger partial charge is 0.234 e. The highest BCUT2D eigenvalue weighted by molar-refractivity contribution is 5.78. The predicted octanol–water partition coefficient (Wildman–Crippen LogP) is 3.78. The first-order chi connectivity index (χ1) is 11.9. The van der Waals surface area contributed by atoms with Crippen molar-refractivity contribution in [3.63, 3.8) is 0 Å². The number of benzene rings is 1. The highest BCUT2D eigenvalue weighted by atomic mass is 16.5. The maximum Gasteiger partial charge on any atom is 0.234 e. The average Bonchev–Trinajstić information content (AvgIpc) is 2.58. The van der Waals surface area contributed by atoms with Crippen molar-refractivity contribution >= 4 is 5.91 Å². The second kappa shape index (κ2) is 11.0. The monoisotopic (exact) mass is 350 g/mol. The fraction of sp³-hybridized carbons (Fsp3) is 0.650. The molecular weight excluding hydrogens is 316 g/mol. The highest BCUT2D eigenvalue weighted by Gasteiger charge is 2.15. The molecule has 1 N–H and O–H groups in total.